The first-order valence-corrected chi connectivity index (χ1v) is 9.20. The van der Waals surface area contributed by atoms with E-state index >= 15 is 0 Å². The molecule has 1 atom stereocenters. The summed E-state index contributed by atoms with van der Waals surface area (Å²) >= 11 is 3.97. The molecule has 2 rings (SSSR count). The quantitative estimate of drug-likeness (QED) is 0.419. The molecule has 1 unspecified atom stereocenters. The minimum absolute atomic E-state index is 0.294. The van der Waals surface area contributed by atoms with Crippen LogP contribution < -0.4 is 0 Å². The average molecular weight is 337 g/mol. The summed E-state index contributed by atoms with van der Waals surface area (Å²) in [5.74, 6) is 0.822. The summed E-state index contributed by atoms with van der Waals surface area (Å²) in [7, 11) is 0. The van der Waals surface area contributed by atoms with Gasteiger partial charge in [-0.15, -0.1) is 0 Å². The van der Waals surface area contributed by atoms with E-state index in [1.807, 2.05) is 0 Å². The molecule has 0 amide bonds. The van der Waals surface area contributed by atoms with E-state index in [-0.39, 0.29) is 0 Å². The van der Waals surface area contributed by atoms with Crippen molar-refractivity contribution >= 4 is 15.9 Å². The molecule has 1 heteroatoms. The molecule has 0 N–H and O–H groups in total. The Morgan fingerprint density at radius 2 is 1.60 bits per heavy atom. The maximum absolute atomic E-state index is 3.97. The lowest BCUT2D eigenvalue weighted by Crippen LogP contribution is -2.15. The second-order valence-corrected chi connectivity index (χ2v) is 8.00. The van der Waals surface area contributed by atoms with E-state index < -0.39 is 0 Å². The van der Waals surface area contributed by atoms with Crippen molar-refractivity contribution in [3.05, 3.63) is 35.4 Å². The van der Waals surface area contributed by atoms with Crippen LogP contribution in [-0.2, 0) is 5.41 Å². The highest BCUT2D eigenvalue weighted by Crippen LogP contribution is 2.39. The largest absolute Gasteiger partial charge is 0.0836 e. The number of benzene rings is 1. The maximum atomic E-state index is 3.97. The van der Waals surface area contributed by atoms with Gasteiger partial charge in [0.05, 0.1) is 0 Å². The predicted molar refractivity (Wildman–Crippen MR) is 92.6 cm³/mol. The highest BCUT2D eigenvalue weighted by Gasteiger charge is 2.23. The highest BCUT2D eigenvalue weighted by molar-refractivity contribution is 9.09. The molecule has 0 nitrogen and oxygen atoms in total. The van der Waals surface area contributed by atoms with E-state index in [0.717, 1.165) is 5.92 Å². The van der Waals surface area contributed by atoms with Crippen LogP contribution >= 0.6 is 15.9 Å². The van der Waals surface area contributed by atoms with Gasteiger partial charge in [-0.25, -0.2) is 0 Å². The normalized spacial score (nSPS) is 19.6. The van der Waals surface area contributed by atoms with E-state index in [1.54, 1.807) is 0 Å². The second-order valence-electron chi connectivity index (χ2n) is 7.01. The van der Waals surface area contributed by atoms with Crippen LogP contribution in [0.5, 0.6) is 0 Å². The van der Waals surface area contributed by atoms with Gasteiger partial charge >= 0.3 is 0 Å². The van der Waals surface area contributed by atoms with Gasteiger partial charge in [-0.05, 0) is 41.7 Å². The third kappa shape index (κ3) is 3.87. The number of hydrogen-bond acceptors (Lipinski definition) is 0. The molecule has 0 spiro atoms. The van der Waals surface area contributed by atoms with Crippen molar-refractivity contribution in [1.29, 1.82) is 0 Å². The van der Waals surface area contributed by atoms with Crippen LogP contribution in [0.4, 0.5) is 0 Å². The zero-order valence-corrected chi connectivity index (χ0v) is 14.9. The zero-order chi connectivity index (χ0) is 14.6. The standard InChI is InChI=1S/C19H29Br/c1-4-19(2,3)17-13-11-16(12-14-17)18(20)15-9-7-5-6-8-10-15/h11-15,18H,4-10H2,1-3H3. The Labute approximate surface area is 133 Å². The van der Waals surface area contributed by atoms with Crippen molar-refractivity contribution < 1.29 is 0 Å². The lowest BCUT2D eigenvalue weighted by atomic mass is 9.81. The molecule has 0 heterocycles. The van der Waals surface area contributed by atoms with Crippen molar-refractivity contribution in [2.75, 3.05) is 0 Å². The molecule has 1 aromatic carbocycles. The van der Waals surface area contributed by atoms with Crippen LogP contribution in [0.3, 0.4) is 0 Å². The van der Waals surface area contributed by atoms with Gasteiger partial charge in [0.25, 0.3) is 0 Å². The van der Waals surface area contributed by atoms with Crippen LogP contribution in [0.25, 0.3) is 0 Å². The van der Waals surface area contributed by atoms with Gasteiger partial charge in [0.15, 0.2) is 0 Å². The summed E-state index contributed by atoms with van der Waals surface area (Å²) in [5, 5.41) is 0. The second kappa shape index (κ2) is 7.11. The third-order valence-corrected chi connectivity index (χ3v) is 6.48. The fraction of sp³-hybridized carbons (Fsp3) is 0.684. The summed E-state index contributed by atoms with van der Waals surface area (Å²) in [4.78, 5) is 0.541. The van der Waals surface area contributed by atoms with E-state index in [2.05, 4.69) is 61.0 Å². The third-order valence-electron chi connectivity index (χ3n) is 5.21. The Balaban J connectivity index is 2.08. The molecule has 20 heavy (non-hydrogen) atoms. The molecule has 0 radical (unpaired) electrons. The van der Waals surface area contributed by atoms with Gasteiger partial charge in [0.2, 0.25) is 0 Å². The van der Waals surface area contributed by atoms with E-state index in [4.69, 9.17) is 0 Å². The molecule has 0 bridgehead atoms. The van der Waals surface area contributed by atoms with Crippen molar-refractivity contribution in [2.45, 2.75) is 76.0 Å². The van der Waals surface area contributed by atoms with Crippen molar-refractivity contribution in [3.63, 3.8) is 0 Å². The fourth-order valence-corrected chi connectivity index (χ4v) is 4.03. The molecule has 0 aliphatic heterocycles. The van der Waals surface area contributed by atoms with Crippen molar-refractivity contribution in [2.24, 2.45) is 5.92 Å². The first-order valence-electron chi connectivity index (χ1n) is 8.29. The Kier molecular flexibility index (Phi) is 5.72. The molecule has 0 saturated heterocycles. The van der Waals surface area contributed by atoms with Crippen LogP contribution in [0, 0.1) is 5.92 Å². The maximum Gasteiger partial charge on any atom is 0.0423 e. The van der Waals surface area contributed by atoms with Crippen molar-refractivity contribution in [3.8, 4) is 0 Å². The van der Waals surface area contributed by atoms with E-state index in [0.29, 0.717) is 10.2 Å². The SMILES string of the molecule is CCC(C)(C)c1ccc(C(Br)C2CCCCCC2)cc1. The minimum atomic E-state index is 0.294. The lowest BCUT2D eigenvalue weighted by Gasteiger charge is -2.25. The molecule has 0 aromatic heterocycles. The molecular formula is C19H29Br. The van der Waals surface area contributed by atoms with Gasteiger partial charge in [-0.1, -0.05) is 86.6 Å². The number of hydrogen-bond donors (Lipinski definition) is 0. The van der Waals surface area contributed by atoms with Gasteiger partial charge in [-0.2, -0.15) is 0 Å². The average Bonchev–Trinajstić information content (AvgIpc) is 2.75. The predicted octanol–water partition coefficient (Wildman–Crippen LogP) is 6.78. The number of rotatable bonds is 4. The van der Waals surface area contributed by atoms with Crippen LogP contribution in [0.15, 0.2) is 24.3 Å². The van der Waals surface area contributed by atoms with Gasteiger partial charge in [0, 0.05) is 4.83 Å². The Hall–Kier alpha value is -0.300. The van der Waals surface area contributed by atoms with Gasteiger partial charge in [0.1, 0.15) is 0 Å². The van der Waals surface area contributed by atoms with Crippen LogP contribution in [0.2, 0.25) is 0 Å². The molecule has 1 fully saturated rings. The Morgan fingerprint density at radius 3 is 2.10 bits per heavy atom. The topological polar surface area (TPSA) is 0 Å². The first-order chi connectivity index (χ1) is 9.54. The Bertz CT molecular complexity index is 396. The molecular weight excluding hydrogens is 308 g/mol. The number of halogens is 1. The van der Waals surface area contributed by atoms with Crippen LogP contribution in [-0.4, -0.2) is 0 Å². The zero-order valence-electron chi connectivity index (χ0n) is 13.3. The summed E-state index contributed by atoms with van der Waals surface area (Å²) < 4.78 is 0. The molecule has 1 saturated carbocycles. The summed E-state index contributed by atoms with van der Waals surface area (Å²) in [5.41, 5.74) is 3.22. The van der Waals surface area contributed by atoms with Crippen molar-refractivity contribution in [1.82, 2.24) is 0 Å². The molecule has 1 aromatic rings. The van der Waals surface area contributed by atoms with Gasteiger partial charge < -0.3 is 0 Å². The van der Waals surface area contributed by atoms with E-state index in [1.165, 1.54) is 56.1 Å². The monoisotopic (exact) mass is 336 g/mol. The molecule has 112 valence electrons. The fourth-order valence-electron chi connectivity index (χ4n) is 3.20. The minimum Gasteiger partial charge on any atom is -0.0836 e. The molecule has 1 aliphatic carbocycles. The van der Waals surface area contributed by atoms with Crippen LogP contribution in [0.1, 0.15) is 81.7 Å². The summed E-state index contributed by atoms with van der Waals surface area (Å²) in [6.45, 7) is 6.94. The lowest BCUT2D eigenvalue weighted by molar-refractivity contribution is 0.454. The highest BCUT2D eigenvalue weighted by atomic mass is 79.9. The Morgan fingerprint density at radius 1 is 1.05 bits per heavy atom. The first kappa shape index (κ1) is 16.1. The summed E-state index contributed by atoms with van der Waals surface area (Å²) in [6, 6.07) is 9.36. The van der Waals surface area contributed by atoms with E-state index in [9.17, 15) is 0 Å². The number of alkyl halides is 1. The summed E-state index contributed by atoms with van der Waals surface area (Å²) in [6.07, 6.45) is 9.64. The molecule has 1 aliphatic rings. The smallest absolute Gasteiger partial charge is 0.0423 e. The van der Waals surface area contributed by atoms with Gasteiger partial charge in [-0.3, -0.25) is 0 Å².